The maximum atomic E-state index is 12.7. The van der Waals surface area contributed by atoms with Crippen LogP contribution in [0.4, 0.5) is 0 Å². The smallest absolute Gasteiger partial charge is 0.343 e. The lowest BCUT2D eigenvalue weighted by Gasteiger charge is -2.19. The van der Waals surface area contributed by atoms with Gasteiger partial charge in [0.2, 0.25) is 0 Å². The van der Waals surface area contributed by atoms with Crippen LogP contribution in [-0.4, -0.2) is 5.97 Å². The highest BCUT2D eigenvalue weighted by Gasteiger charge is 2.18. The van der Waals surface area contributed by atoms with Crippen molar-refractivity contribution < 1.29 is 9.53 Å². The Labute approximate surface area is 163 Å². The maximum absolute atomic E-state index is 12.7. The van der Waals surface area contributed by atoms with Crippen molar-refractivity contribution in [1.82, 2.24) is 0 Å². The van der Waals surface area contributed by atoms with E-state index >= 15 is 0 Å². The van der Waals surface area contributed by atoms with Crippen molar-refractivity contribution in [3.8, 4) is 5.75 Å². The minimum atomic E-state index is -0.307. The molecule has 0 radical (unpaired) electrons. The second-order valence-corrected chi connectivity index (χ2v) is 7.36. The SMILES string of the molecule is C=CC/C=C/Cc1ccc(C(=O)Oc2c(C(C)C)cccc2C(C)C)cc1. The Morgan fingerprint density at radius 1 is 0.963 bits per heavy atom. The monoisotopic (exact) mass is 362 g/mol. The van der Waals surface area contributed by atoms with E-state index < -0.39 is 0 Å². The van der Waals surface area contributed by atoms with Crippen LogP contribution in [0.5, 0.6) is 5.75 Å². The fraction of sp³-hybridized carbons (Fsp3) is 0.320. The van der Waals surface area contributed by atoms with Crippen LogP contribution in [0.3, 0.4) is 0 Å². The number of para-hydroxylation sites is 1. The molecule has 0 aromatic heterocycles. The number of benzene rings is 2. The Kier molecular flexibility index (Phi) is 7.60. The van der Waals surface area contributed by atoms with E-state index in [-0.39, 0.29) is 17.8 Å². The molecule has 2 aromatic carbocycles. The van der Waals surface area contributed by atoms with Gasteiger partial charge in [0.25, 0.3) is 0 Å². The zero-order chi connectivity index (χ0) is 19.8. The Balaban J connectivity index is 2.19. The molecule has 0 spiro atoms. The van der Waals surface area contributed by atoms with E-state index in [4.69, 9.17) is 4.74 Å². The summed E-state index contributed by atoms with van der Waals surface area (Å²) >= 11 is 0. The van der Waals surface area contributed by atoms with Crippen LogP contribution in [0, 0.1) is 0 Å². The highest BCUT2D eigenvalue weighted by molar-refractivity contribution is 5.91. The van der Waals surface area contributed by atoms with Gasteiger partial charge in [-0.2, -0.15) is 0 Å². The number of esters is 1. The van der Waals surface area contributed by atoms with E-state index in [0.717, 1.165) is 29.5 Å². The summed E-state index contributed by atoms with van der Waals surface area (Å²) in [6.45, 7) is 12.2. The summed E-state index contributed by atoms with van der Waals surface area (Å²) in [5, 5.41) is 0. The first-order valence-corrected chi connectivity index (χ1v) is 9.63. The molecular formula is C25H30O2. The molecule has 0 bridgehead atoms. The zero-order valence-electron chi connectivity index (χ0n) is 16.9. The molecule has 2 heteroatoms. The molecule has 0 amide bonds. The standard InChI is InChI=1S/C25H30O2/c1-6-7-8-9-11-20-14-16-21(17-15-20)25(26)27-24-22(18(2)3)12-10-13-23(24)19(4)5/h6,8-10,12-19H,1,7,11H2,2-5H3/b9-8+. The van der Waals surface area contributed by atoms with Crippen LogP contribution in [0.25, 0.3) is 0 Å². The van der Waals surface area contributed by atoms with Crippen molar-refractivity contribution in [2.45, 2.75) is 52.4 Å². The molecule has 0 atom stereocenters. The first-order chi connectivity index (χ1) is 12.9. The van der Waals surface area contributed by atoms with Crippen LogP contribution in [0.1, 0.15) is 73.0 Å². The summed E-state index contributed by atoms with van der Waals surface area (Å²) in [7, 11) is 0. The molecule has 0 saturated carbocycles. The molecule has 2 rings (SSSR count). The Morgan fingerprint density at radius 3 is 2.07 bits per heavy atom. The predicted octanol–water partition coefficient (Wildman–Crippen LogP) is 6.83. The van der Waals surface area contributed by atoms with Gasteiger partial charge in [-0.1, -0.05) is 76.3 Å². The average molecular weight is 363 g/mol. The lowest BCUT2D eigenvalue weighted by Crippen LogP contribution is -2.12. The molecule has 0 saturated heterocycles. The molecule has 2 nitrogen and oxygen atoms in total. The third kappa shape index (κ3) is 5.68. The van der Waals surface area contributed by atoms with Crippen LogP contribution in [0.15, 0.2) is 67.3 Å². The number of rotatable bonds is 8. The minimum absolute atomic E-state index is 0.288. The Bertz CT molecular complexity index is 769. The lowest BCUT2D eigenvalue weighted by molar-refractivity contribution is 0.0731. The molecule has 0 heterocycles. The number of hydrogen-bond donors (Lipinski definition) is 0. The van der Waals surface area contributed by atoms with Crippen LogP contribution in [-0.2, 0) is 6.42 Å². The van der Waals surface area contributed by atoms with Crippen molar-refractivity contribution in [2.75, 3.05) is 0 Å². The van der Waals surface area contributed by atoms with E-state index in [0.29, 0.717) is 11.3 Å². The van der Waals surface area contributed by atoms with E-state index in [1.165, 1.54) is 0 Å². The van der Waals surface area contributed by atoms with E-state index in [2.05, 4.69) is 46.4 Å². The van der Waals surface area contributed by atoms with Gasteiger partial charge in [0, 0.05) is 0 Å². The summed E-state index contributed by atoms with van der Waals surface area (Å²) in [4.78, 5) is 12.7. The normalized spacial score (nSPS) is 11.3. The summed E-state index contributed by atoms with van der Waals surface area (Å²) < 4.78 is 5.87. The largest absolute Gasteiger partial charge is 0.422 e. The van der Waals surface area contributed by atoms with E-state index in [1.807, 2.05) is 48.5 Å². The lowest BCUT2D eigenvalue weighted by atomic mass is 9.94. The predicted molar refractivity (Wildman–Crippen MR) is 114 cm³/mol. The molecule has 0 unspecified atom stereocenters. The van der Waals surface area contributed by atoms with Crippen molar-refractivity contribution in [3.63, 3.8) is 0 Å². The Hall–Kier alpha value is -2.61. The zero-order valence-corrected chi connectivity index (χ0v) is 16.9. The second-order valence-electron chi connectivity index (χ2n) is 7.36. The Morgan fingerprint density at radius 2 is 1.56 bits per heavy atom. The second kappa shape index (κ2) is 9.91. The van der Waals surface area contributed by atoms with E-state index in [1.54, 1.807) is 0 Å². The molecule has 0 N–H and O–H groups in total. The van der Waals surface area contributed by atoms with Crippen molar-refractivity contribution >= 4 is 5.97 Å². The molecule has 2 aromatic rings. The summed E-state index contributed by atoms with van der Waals surface area (Å²) in [5.74, 6) is 0.982. The van der Waals surface area contributed by atoms with Gasteiger partial charge in [0.05, 0.1) is 5.56 Å². The molecule has 0 fully saturated rings. The topological polar surface area (TPSA) is 26.3 Å². The van der Waals surface area contributed by atoms with Crippen LogP contribution in [0.2, 0.25) is 0 Å². The highest BCUT2D eigenvalue weighted by atomic mass is 16.5. The van der Waals surface area contributed by atoms with Crippen LogP contribution >= 0.6 is 0 Å². The summed E-state index contributed by atoms with van der Waals surface area (Å²) in [5.41, 5.74) is 3.87. The van der Waals surface area contributed by atoms with Gasteiger partial charge in [-0.25, -0.2) is 4.79 Å². The molecule has 27 heavy (non-hydrogen) atoms. The van der Waals surface area contributed by atoms with Crippen molar-refractivity contribution in [3.05, 3.63) is 89.5 Å². The molecule has 0 aliphatic heterocycles. The van der Waals surface area contributed by atoms with Gasteiger partial charge in [0.1, 0.15) is 5.75 Å². The summed E-state index contributed by atoms with van der Waals surface area (Å²) in [6, 6.07) is 13.8. The molecular weight excluding hydrogens is 332 g/mol. The van der Waals surface area contributed by atoms with E-state index in [9.17, 15) is 4.79 Å². The van der Waals surface area contributed by atoms with Gasteiger partial charge >= 0.3 is 5.97 Å². The van der Waals surface area contributed by atoms with Gasteiger partial charge in [-0.3, -0.25) is 0 Å². The minimum Gasteiger partial charge on any atom is -0.422 e. The summed E-state index contributed by atoms with van der Waals surface area (Å²) in [6.07, 6.45) is 7.79. The number of allylic oxidation sites excluding steroid dienone is 3. The van der Waals surface area contributed by atoms with Gasteiger partial charge in [-0.05, 0) is 53.5 Å². The fourth-order valence-corrected chi connectivity index (χ4v) is 2.94. The first-order valence-electron chi connectivity index (χ1n) is 9.63. The third-order valence-electron chi connectivity index (χ3n) is 4.53. The fourth-order valence-electron chi connectivity index (χ4n) is 2.94. The number of ether oxygens (including phenoxy) is 1. The van der Waals surface area contributed by atoms with Crippen molar-refractivity contribution in [2.24, 2.45) is 0 Å². The van der Waals surface area contributed by atoms with Crippen molar-refractivity contribution in [1.29, 1.82) is 0 Å². The molecule has 0 aliphatic carbocycles. The first kappa shape index (κ1) is 20.7. The van der Waals surface area contributed by atoms with Crippen LogP contribution < -0.4 is 4.74 Å². The quantitative estimate of drug-likeness (QED) is 0.292. The van der Waals surface area contributed by atoms with Gasteiger partial charge in [-0.15, -0.1) is 6.58 Å². The maximum Gasteiger partial charge on any atom is 0.343 e. The highest BCUT2D eigenvalue weighted by Crippen LogP contribution is 2.35. The average Bonchev–Trinajstić information content (AvgIpc) is 2.65. The molecule has 0 aliphatic rings. The molecule has 142 valence electrons. The number of carbonyl (C=O) groups is 1. The van der Waals surface area contributed by atoms with Gasteiger partial charge in [0.15, 0.2) is 0 Å². The number of carbonyl (C=O) groups excluding carboxylic acids is 1. The van der Waals surface area contributed by atoms with Gasteiger partial charge < -0.3 is 4.74 Å². The number of hydrogen-bond acceptors (Lipinski definition) is 2. The third-order valence-corrected chi connectivity index (χ3v) is 4.53.